The highest BCUT2D eigenvalue weighted by atomic mass is 16.4. The van der Waals surface area contributed by atoms with Gasteiger partial charge in [-0.25, -0.2) is 9.97 Å². The number of anilines is 1. The highest BCUT2D eigenvalue weighted by Crippen LogP contribution is 2.39. The van der Waals surface area contributed by atoms with Crippen LogP contribution in [0.15, 0.2) is 6.07 Å². The van der Waals surface area contributed by atoms with Crippen molar-refractivity contribution in [2.45, 2.75) is 32.1 Å². The van der Waals surface area contributed by atoms with Crippen molar-refractivity contribution in [3.05, 3.63) is 17.6 Å². The molecule has 0 unspecified atom stereocenters. The summed E-state index contributed by atoms with van der Waals surface area (Å²) in [5.74, 6) is 1.38. The SMILES string of the molecule is Cc1nc(C2CC2)cc(N(C)CCC(=O)O)n1. The van der Waals surface area contributed by atoms with Crippen LogP contribution in [0, 0.1) is 6.92 Å². The van der Waals surface area contributed by atoms with E-state index in [1.807, 2.05) is 24.9 Å². The molecule has 0 spiro atoms. The number of aryl methyl sites for hydroxylation is 1. The van der Waals surface area contributed by atoms with Gasteiger partial charge in [0, 0.05) is 31.3 Å². The Balaban J connectivity index is 2.10. The van der Waals surface area contributed by atoms with E-state index in [-0.39, 0.29) is 6.42 Å². The fourth-order valence-corrected chi connectivity index (χ4v) is 1.74. The Morgan fingerprint density at radius 2 is 2.24 bits per heavy atom. The number of aromatic nitrogens is 2. The minimum Gasteiger partial charge on any atom is -0.481 e. The molecule has 0 atom stereocenters. The van der Waals surface area contributed by atoms with Crippen molar-refractivity contribution in [1.29, 1.82) is 0 Å². The Kier molecular flexibility index (Phi) is 3.26. The van der Waals surface area contributed by atoms with Crippen LogP contribution in [0.25, 0.3) is 0 Å². The molecule has 92 valence electrons. The number of carboxylic acid groups (broad SMARTS) is 1. The van der Waals surface area contributed by atoms with Gasteiger partial charge >= 0.3 is 5.97 Å². The molecule has 5 heteroatoms. The molecule has 1 fully saturated rings. The van der Waals surface area contributed by atoms with Crippen molar-refractivity contribution >= 4 is 11.8 Å². The van der Waals surface area contributed by atoms with Gasteiger partial charge in [-0.3, -0.25) is 4.79 Å². The lowest BCUT2D eigenvalue weighted by molar-refractivity contribution is -0.136. The first kappa shape index (κ1) is 11.8. The normalized spacial score (nSPS) is 14.7. The number of nitrogens with zero attached hydrogens (tertiary/aromatic N) is 3. The van der Waals surface area contributed by atoms with Crippen LogP contribution < -0.4 is 4.90 Å². The van der Waals surface area contributed by atoms with Crippen LogP contribution in [0.4, 0.5) is 5.82 Å². The smallest absolute Gasteiger partial charge is 0.305 e. The van der Waals surface area contributed by atoms with Crippen molar-refractivity contribution in [3.8, 4) is 0 Å². The van der Waals surface area contributed by atoms with Crippen molar-refractivity contribution in [2.24, 2.45) is 0 Å². The van der Waals surface area contributed by atoms with E-state index >= 15 is 0 Å². The summed E-state index contributed by atoms with van der Waals surface area (Å²) in [6.45, 7) is 2.34. The first-order chi connectivity index (χ1) is 8.06. The average molecular weight is 235 g/mol. The van der Waals surface area contributed by atoms with Gasteiger partial charge in [0.2, 0.25) is 0 Å². The molecule has 0 bridgehead atoms. The molecule has 2 rings (SSSR count). The molecule has 0 aromatic carbocycles. The summed E-state index contributed by atoms with van der Waals surface area (Å²) < 4.78 is 0. The summed E-state index contributed by atoms with van der Waals surface area (Å²) in [5, 5.41) is 8.66. The average Bonchev–Trinajstić information content (AvgIpc) is 3.08. The van der Waals surface area contributed by atoms with Crippen molar-refractivity contribution < 1.29 is 9.90 Å². The van der Waals surface area contributed by atoms with Gasteiger partial charge in [-0.1, -0.05) is 0 Å². The van der Waals surface area contributed by atoms with Crippen LogP contribution in [0.2, 0.25) is 0 Å². The summed E-state index contributed by atoms with van der Waals surface area (Å²) in [6.07, 6.45) is 2.53. The van der Waals surface area contributed by atoms with E-state index in [9.17, 15) is 4.79 Å². The fourth-order valence-electron chi connectivity index (χ4n) is 1.74. The molecule has 0 saturated heterocycles. The first-order valence-electron chi connectivity index (χ1n) is 5.85. The second kappa shape index (κ2) is 4.69. The first-order valence-corrected chi connectivity index (χ1v) is 5.85. The number of rotatable bonds is 5. The Morgan fingerprint density at radius 1 is 1.53 bits per heavy atom. The van der Waals surface area contributed by atoms with E-state index in [4.69, 9.17) is 5.11 Å². The lowest BCUT2D eigenvalue weighted by atomic mass is 10.2. The zero-order chi connectivity index (χ0) is 12.4. The van der Waals surface area contributed by atoms with Crippen LogP contribution in [-0.4, -0.2) is 34.6 Å². The number of aliphatic carboxylic acids is 1. The molecule has 1 aromatic rings. The van der Waals surface area contributed by atoms with Crippen molar-refractivity contribution in [3.63, 3.8) is 0 Å². The van der Waals surface area contributed by atoms with Gasteiger partial charge in [0.1, 0.15) is 11.6 Å². The Hall–Kier alpha value is -1.65. The minimum absolute atomic E-state index is 0.123. The monoisotopic (exact) mass is 235 g/mol. The van der Waals surface area contributed by atoms with Gasteiger partial charge in [-0.05, 0) is 19.8 Å². The van der Waals surface area contributed by atoms with E-state index in [0.717, 1.165) is 17.3 Å². The van der Waals surface area contributed by atoms with Gasteiger partial charge in [0.25, 0.3) is 0 Å². The van der Waals surface area contributed by atoms with E-state index in [1.54, 1.807) is 0 Å². The van der Waals surface area contributed by atoms with Gasteiger partial charge < -0.3 is 10.0 Å². The Morgan fingerprint density at radius 3 is 2.82 bits per heavy atom. The summed E-state index contributed by atoms with van der Waals surface area (Å²) in [6, 6.07) is 1.98. The molecule has 0 aliphatic heterocycles. The van der Waals surface area contributed by atoms with Gasteiger partial charge in [0.05, 0.1) is 6.42 Å². The second-order valence-corrected chi connectivity index (χ2v) is 4.54. The number of hydrogen-bond acceptors (Lipinski definition) is 4. The standard InChI is InChI=1S/C12H17N3O2/c1-8-13-10(9-3-4-9)7-11(14-8)15(2)6-5-12(16)17/h7,9H,3-6H2,1-2H3,(H,16,17). The molecule has 0 radical (unpaired) electrons. The highest BCUT2D eigenvalue weighted by molar-refractivity contribution is 5.67. The molecule has 5 nitrogen and oxygen atoms in total. The molecule has 1 heterocycles. The number of carbonyl (C=O) groups is 1. The van der Waals surface area contributed by atoms with Gasteiger partial charge in [-0.15, -0.1) is 0 Å². The maximum Gasteiger partial charge on any atom is 0.305 e. The van der Waals surface area contributed by atoms with E-state index in [2.05, 4.69) is 9.97 Å². The fraction of sp³-hybridized carbons (Fsp3) is 0.583. The summed E-state index contributed by atoms with van der Waals surface area (Å²) in [5.41, 5.74) is 1.09. The third kappa shape index (κ3) is 3.15. The third-order valence-corrected chi connectivity index (χ3v) is 2.89. The summed E-state index contributed by atoms with van der Waals surface area (Å²) in [7, 11) is 1.86. The van der Waals surface area contributed by atoms with E-state index in [0.29, 0.717) is 12.5 Å². The quantitative estimate of drug-likeness (QED) is 0.839. The van der Waals surface area contributed by atoms with Crippen LogP contribution in [-0.2, 0) is 4.79 Å². The number of carboxylic acids is 1. The maximum absolute atomic E-state index is 10.5. The molecule has 0 amide bonds. The highest BCUT2D eigenvalue weighted by Gasteiger charge is 2.26. The lowest BCUT2D eigenvalue weighted by Crippen LogP contribution is -2.22. The topological polar surface area (TPSA) is 66.3 Å². The Labute approximate surface area is 100 Å². The van der Waals surface area contributed by atoms with Crippen LogP contribution in [0.1, 0.15) is 36.7 Å². The zero-order valence-corrected chi connectivity index (χ0v) is 10.2. The minimum atomic E-state index is -0.787. The molecular weight excluding hydrogens is 218 g/mol. The third-order valence-electron chi connectivity index (χ3n) is 2.89. The van der Waals surface area contributed by atoms with E-state index in [1.165, 1.54) is 12.8 Å². The van der Waals surface area contributed by atoms with Crippen molar-refractivity contribution in [2.75, 3.05) is 18.5 Å². The predicted molar refractivity (Wildman–Crippen MR) is 64.3 cm³/mol. The van der Waals surface area contributed by atoms with E-state index < -0.39 is 5.97 Å². The van der Waals surface area contributed by atoms with Gasteiger partial charge in [0.15, 0.2) is 0 Å². The summed E-state index contributed by atoms with van der Waals surface area (Å²) >= 11 is 0. The zero-order valence-electron chi connectivity index (χ0n) is 10.2. The number of hydrogen-bond donors (Lipinski definition) is 1. The second-order valence-electron chi connectivity index (χ2n) is 4.54. The summed E-state index contributed by atoms with van der Waals surface area (Å²) in [4.78, 5) is 21.2. The molecule has 1 saturated carbocycles. The largest absolute Gasteiger partial charge is 0.481 e. The van der Waals surface area contributed by atoms with Crippen LogP contribution >= 0.6 is 0 Å². The lowest BCUT2D eigenvalue weighted by Gasteiger charge is -2.18. The molecule has 1 aliphatic rings. The molecular formula is C12H17N3O2. The predicted octanol–water partition coefficient (Wildman–Crippen LogP) is 1.57. The molecule has 1 N–H and O–H groups in total. The van der Waals surface area contributed by atoms with Crippen molar-refractivity contribution in [1.82, 2.24) is 9.97 Å². The Bertz CT molecular complexity index is 430. The maximum atomic E-state index is 10.5. The molecule has 1 aromatic heterocycles. The van der Waals surface area contributed by atoms with Crippen LogP contribution in [0.3, 0.4) is 0 Å². The van der Waals surface area contributed by atoms with Crippen LogP contribution in [0.5, 0.6) is 0 Å². The van der Waals surface area contributed by atoms with Gasteiger partial charge in [-0.2, -0.15) is 0 Å². The molecule has 1 aliphatic carbocycles. The molecule has 17 heavy (non-hydrogen) atoms.